The number of hydrogen-bond donors (Lipinski definition) is 2. The summed E-state index contributed by atoms with van der Waals surface area (Å²) in [5.74, 6) is -1.22. The van der Waals surface area contributed by atoms with Gasteiger partial charge in [-0.2, -0.15) is 0 Å². The summed E-state index contributed by atoms with van der Waals surface area (Å²) in [6.07, 6.45) is -0.647. The van der Waals surface area contributed by atoms with Crippen molar-refractivity contribution >= 4 is 23.7 Å². The second kappa shape index (κ2) is 8.59. The van der Waals surface area contributed by atoms with Crippen LogP contribution in [0.5, 0.6) is 0 Å². The summed E-state index contributed by atoms with van der Waals surface area (Å²) < 4.78 is 5.44. The Morgan fingerprint density at radius 3 is 2.20 bits per heavy atom. The molecule has 0 aliphatic heterocycles. The van der Waals surface area contributed by atoms with E-state index < -0.39 is 18.1 Å². The number of carboxylic acid groups (broad SMARTS) is 1. The molecule has 0 aromatic heterocycles. The molecule has 1 aliphatic carbocycles. The number of nitrogens with one attached hydrogen (secondary N) is 1. The first-order valence-electron chi connectivity index (χ1n) is 9.61. The van der Waals surface area contributed by atoms with Crippen molar-refractivity contribution in [3.05, 3.63) is 94.5 Å². The van der Waals surface area contributed by atoms with E-state index in [-0.39, 0.29) is 18.9 Å². The maximum atomic E-state index is 12.4. The van der Waals surface area contributed by atoms with Gasteiger partial charge >= 0.3 is 12.1 Å². The summed E-state index contributed by atoms with van der Waals surface area (Å²) in [7, 11) is 0. The van der Waals surface area contributed by atoms with Crippen molar-refractivity contribution in [1.29, 1.82) is 0 Å². The van der Waals surface area contributed by atoms with Crippen LogP contribution >= 0.6 is 11.6 Å². The minimum absolute atomic E-state index is 0.0839. The van der Waals surface area contributed by atoms with Crippen molar-refractivity contribution in [2.75, 3.05) is 6.61 Å². The molecule has 1 aliphatic rings. The highest BCUT2D eigenvalue weighted by Gasteiger charge is 2.29. The second-order valence-electron chi connectivity index (χ2n) is 7.19. The molecule has 1 amide bonds. The van der Waals surface area contributed by atoms with Crippen LogP contribution in [0, 0.1) is 0 Å². The second-order valence-corrected chi connectivity index (χ2v) is 7.63. The Morgan fingerprint density at radius 2 is 1.60 bits per heavy atom. The monoisotopic (exact) mass is 421 g/mol. The molecule has 0 saturated carbocycles. The third-order valence-corrected chi connectivity index (χ3v) is 5.50. The molecular formula is C24H20ClNO4. The van der Waals surface area contributed by atoms with Crippen LogP contribution in [0.15, 0.2) is 72.8 Å². The van der Waals surface area contributed by atoms with Gasteiger partial charge in [0.15, 0.2) is 0 Å². The van der Waals surface area contributed by atoms with Gasteiger partial charge in [0.2, 0.25) is 0 Å². The Bertz CT molecular complexity index is 1050. The Balaban J connectivity index is 1.43. The van der Waals surface area contributed by atoms with Gasteiger partial charge in [0.1, 0.15) is 12.6 Å². The van der Waals surface area contributed by atoms with Crippen molar-refractivity contribution < 1.29 is 19.4 Å². The minimum Gasteiger partial charge on any atom is -0.480 e. The Hall–Kier alpha value is -3.31. The minimum atomic E-state index is -1.14. The van der Waals surface area contributed by atoms with E-state index in [9.17, 15) is 14.7 Å². The SMILES string of the molecule is O=C(N[C@H](Cc1cccc(Cl)c1)C(=O)O)OCC1c2ccccc2-c2ccccc21. The Labute approximate surface area is 179 Å². The quantitative estimate of drug-likeness (QED) is 0.595. The van der Waals surface area contributed by atoms with Gasteiger partial charge in [-0.25, -0.2) is 9.59 Å². The van der Waals surface area contributed by atoms with E-state index in [1.807, 2.05) is 36.4 Å². The van der Waals surface area contributed by atoms with E-state index in [4.69, 9.17) is 16.3 Å². The molecule has 0 heterocycles. The van der Waals surface area contributed by atoms with E-state index in [0.29, 0.717) is 10.6 Å². The fourth-order valence-corrected chi connectivity index (χ4v) is 4.09. The van der Waals surface area contributed by atoms with Crippen LogP contribution in [-0.4, -0.2) is 29.8 Å². The largest absolute Gasteiger partial charge is 0.480 e. The van der Waals surface area contributed by atoms with Gasteiger partial charge in [-0.1, -0.05) is 72.3 Å². The molecule has 0 unspecified atom stereocenters. The highest BCUT2D eigenvalue weighted by atomic mass is 35.5. The van der Waals surface area contributed by atoms with Gasteiger partial charge < -0.3 is 15.2 Å². The summed E-state index contributed by atoms with van der Waals surface area (Å²) in [4.78, 5) is 24.0. The number of carbonyl (C=O) groups is 2. The van der Waals surface area contributed by atoms with Crippen molar-refractivity contribution in [3.8, 4) is 11.1 Å². The maximum absolute atomic E-state index is 12.4. The molecule has 30 heavy (non-hydrogen) atoms. The van der Waals surface area contributed by atoms with E-state index in [1.54, 1.807) is 24.3 Å². The fourth-order valence-electron chi connectivity index (χ4n) is 3.88. The molecule has 1 atom stereocenters. The van der Waals surface area contributed by atoms with E-state index >= 15 is 0 Å². The van der Waals surface area contributed by atoms with Crippen LogP contribution in [0.25, 0.3) is 11.1 Å². The normalized spacial score (nSPS) is 13.2. The first kappa shape index (κ1) is 20.0. The number of benzene rings is 3. The molecule has 0 saturated heterocycles. The van der Waals surface area contributed by atoms with Gasteiger partial charge in [-0.3, -0.25) is 0 Å². The standard InChI is InChI=1S/C24H20ClNO4/c25-16-7-5-6-15(12-16)13-22(23(27)28)26-24(29)30-14-21-19-10-3-1-8-17(19)18-9-2-4-11-20(18)21/h1-12,21-22H,13-14H2,(H,26,29)(H,27,28)/t22-/m1/s1. The molecule has 152 valence electrons. The fraction of sp³-hybridized carbons (Fsp3) is 0.167. The van der Waals surface area contributed by atoms with Crippen LogP contribution in [0.2, 0.25) is 5.02 Å². The highest BCUT2D eigenvalue weighted by molar-refractivity contribution is 6.30. The maximum Gasteiger partial charge on any atom is 0.407 e. The topological polar surface area (TPSA) is 75.6 Å². The summed E-state index contributed by atoms with van der Waals surface area (Å²) in [5, 5.41) is 12.5. The molecular weight excluding hydrogens is 402 g/mol. The summed E-state index contributed by atoms with van der Waals surface area (Å²) in [6, 6.07) is 21.8. The molecule has 4 rings (SSSR count). The van der Waals surface area contributed by atoms with Crippen molar-refractivity contribution in [2.24, 2.45) is 0 Å². The molecule has 6 heteroatoms. The summed E-state index contributed by atoms with van der Waals surface area (Å²) in [6.45, 7) is 0.128. The highest BCUT2D eigenvalue weighted by Crippen LogP contribution is 2.44. The van der Waals surface area contributed by atoms with Crippen LogP contribution < -0.4 is 5.32 Å². The molecule has 0 fully saturated rings. The molecule has 2 N–H and O–H groups in total. The van der Waals surface area contributed by atoms with Gasteiger partial charge in [0.25, 0.3) is 0 Å². The van der Waals surface area contributed by atoms with Crippen LogP contribution in [0.3, 0.4) is 0 Å². The molecule has 3 aromatic rings. The number of carbonyl (C=O) groups excluding carboxylic acids is 1. The number of carboxylic acids is 1. The third kappa shape index (κ3) is 4.16. The van der Waals surface area contributed by atoms with E-state index in [1.165, 1.54) is 0 Å². The van der Waals surface area contributed by atoms with E-state index in [2.05, 4.69) is 17.4 Å². The molecule has 0 radical (unpaired) electrons. The number of aliphatic carboxylic acids is 1. The predicted molar refractivity (Wildman–Crippen MR) is 115 cm³/mol. The average Bonchev–Trinajstić information content (AvgIpc) is 3.06. The van der Waals surface area contributed by atoms with Gasteiger partial charge in [0, 0.05) is 17.4 Å². The molecule has 3 aromatic carbocycles. The van der Waals surface area contributed by atoms with Crippen molar-refractivity contribution in [2.45, 2.75) is 18.4 Å². The lowest BCUT2D eigenvalue weighted by Crippen LogP contribution is -2.42. The summed E-state index contributed by atoms with van der Waals surface area (Å²) >= 11 is 5.96. The summed E-state index contributed by atoms with van der Waals surface area (Å²) in [5.41, 5.74) is 5.17. The predicted octanol–water partition coefficient (Wildman–Crippen LogP) is 4.87. The lowest BCUT2D eigenvalue weighted by molar-refractivity contribution is -0.139. The van der Waals surface area contributed by atoms with Gasteiger partial charge in [-0.05, 0) is 39.9 Å². The first-order chi connectivity index (χ1) is 14.5. The number of rotatable bonds is 6. The van der Waals surface area contributed by atoms with Crippen LogP contribution in [-0.2, 0) is 16.0 Å². The zero-order valence-electron chi connectivity index (χ0n) is 16.0. The number of hydrogen-bond acceptors (Lipinski definition) is 3. The van der Waals surface area contributed by atoms with Crippen molar-refractivity contribution in [3.63, 3.8) is 0 Å². The first-order valence-corrected chi connectivity index (χ1v) is 9.99. The Kier molecular flexibility index (Phi) is 5.72. The number of alkyl carbamates (subject to hydrolysis) is 1. The lowest BCUT2D eigenvalue weighted by Gasteiger charge is -2.17. The number of amides is 1. The van der Waals surface area contributed by atoms with Crippen LogP contribution in [0.1, 0.15) is 22.6 Å². The van der Waals surface area contributed by atoms with Gasteiger partial charge in [0.05, 0.1) is 0 Å². The van der Waals surface area contributed by atoms with Gasteiger partial charge in [-0.15, -0.1) is 0 Å². The third-order valence-electron chi connectivity index (χ3n) is 5.26. The zero-order valence-corrected chi connectivity index (χ0v) is 16.8. The molecule has 0 bridgehead atoms. The van der Waals surface area contributed by atoms with Crippen LogP contribution in [0.4, 0.5) is 4.79 Å². The zero-order chi connectivity index (χ0) is 21.1. The number of halogens is 1. The molecule has 5 nitrogen and oxygen atoms in total. The van der Waals surface area contributed by atoms with Crippen molar-refractivity contribution in [1.82, 2.24) is 5.32 Å². The number of ether oxygens (including phenoxy) is 1. The lowest BCUT2D eigenvalue weighted by atomic mass is 9.98. The average molecular weight is 422 g/mol. The number of fused-ring (bicyclic) bond motifs is 3. The molecule has 0 spiro atoms. The Morgan fingerprint density at radius 1 is 0.967 bits per heavy atom. The van der Waals surface area contributed by atoms with E-state index in [0.717, 1.165) is 22.3 Å². The smallest absolute Gasteiger partial charge is 0.407 e.